The lowest BCUT2D eigenvalue weighted by Crippen LogP contribution is -2.33. The Hall–Kier alpha value is -2.40. The van der Waals surface area contributed by atoms with Gasteiger partial charge in [-0.15, -0.1) is 0 Å². The van der Waals surface area contributed by atoms with Crippen LogP contribution in [0.4, 0.5) is 0 Å². The number of rotatable bonds is 3. The van der Waals surface area contributed by atoms with Crippen LogP contribution in [0.5, 0.6) is 0 Å². The van der Waals surface area contributed by atoms with Crippen molar-refractivity contribution in [1.29, 1.82) is 0 Å². The first-order chi connectivity index (χ1) is 14.2. The highest BCUT2D eigenvalue weighted by Gasteiger charge is 2.25. The van der Waals surface area contributed by atoms with E-state index in [1.54, 1.807) is 0 Å². The average molecular weight is 408 g/mol. The molecule has 3 heterocycles. The molecule has 4 nitrogen and oxygen atoms in total. The summed E-state index contributed by atoms with van der Waals surface area (Å²) in [4.78, 5) is 13.4. The highest BCUT2D eigenvalue weighted by Crippen LogP contribution is 2.35. The summed E-state index contributed by atoms with van der Waals surface area (Å²) in [7, 11) is 0. The second-order valence-corrected chi connectivity index (χ2v) is 8.01. The number of fused-ring (bicyclic) bond motifs is 3. The molecule has 1 aromatic heterocycles. The first kappa shape index (κ1) is 18.6. The van der Waals surface area contributed by atoms with Gasteiger partial charge >= 0.3 is 0 Å². The summed E-state index contributed by atoms with van der Waals surface area (Å²) in [5, 5.41) is 0.681. The van der Waals surface area contributed by atoms with Gasteiger partial charge in [-0.1, -0.05) is 48.0 Å². The molecule has 0 radical (unpaired) electrons. The van der Waals surface area contributed by atoms with Crippen LogP contribution in [0, 0.1) is 0 Å². The van der Waals surface area contributed by atoms with E-state index in [1.807, 2.05) is 53.1 Å². The van der Waals surface area contributed by atoms with Gasteiger partial charge in [0.05, 0.1) is 31.6 Å². The van der Waals surface area contributed by atoms with Crippen molar-refractivity contribution < 1.29 is 9.47 Å². The van der Waals surface area contributed by atoms with Crippen LogP contribution in [0.15, 0.2) is 59.4 Å². The standard InChI is InChI=1S/C24H22ClNO3/c25-19-7-6-17-8-9-26-23(21(17)14-19)18(12-20-15-28-10-11-29-20)13-22(24(26)27)16-4-2-1-3-5-16/h1-7,13-14,20H,8-12,15H2. The van der Waals surface area contributed by atoms with Crippen LogP contribution in [0.25, 0.3) is 22.4 Å². The predicted octanol–water partition coefficient (Wildman–Crippen LogP) is 4.35. The molecule has 1 unspecified atom stereocenters. The quantitative estimate of drug-likeness (QED) is 0.648. The Bertz CT molecular complexity index is 1100. The number of aromatic nitrogens is 1. The molecule has 0 amide bonds. The zero-order valence-electron chi connectivity index (χ0n) is 16.1. The maximum absolute atomic E-state index is 13.4. The number of aryl methyl sites for hydroxylation is 1. The third-order valence-electron chi connectivity index (χ3n) is 5.72. The molecule has 2 aliphatic heterocycles. The molecule has 5 heteroatoms. The molecular weight excluding hydrogens is 386 g/mol. The van der Waals surface area contributed by atoms with E-state index in [-0.39, 0.29) is 11.7 Å². The van der Waals surface area contributed by atoms with Gasteiger partial charge in [-0.2, -0.15) is 0 Å². The Kier molecular flexibility index (Phi) is 5.00. The van der Waals surface area contributed by atoms with Crippen molar-refractivity contribution in [3.63, 3.8) is 0 Å². The van der Waals surface area contributed by atoms with Gasteiger partial charge in [0.2, 0.25) is 0 Å². The van der Waals surface area contributed by atoms with Crippen LogP contribution in [0.2, 0.25) is 5.02 Å². The Morgan fingerprint density at radius 3 is 2.69 bits per heavy atom. The van der Waals surface area contributed by atoms with E-state index < -0.39 is 0 Å². The fourth-order valence-electron chi connectivity index (χ4n) is 4.36. The summed E-state index contributed by atoms with van der Waals surface area (Å²) >= 11 is 6.32. The SMILES string of the molecule is O=c1c(-c2ccccc2)cc(CC2COCCO2)c2n1CCc1ccc(Cl)cc1-2. The summed E-state index contributed by atoms with van der Waals surface area (Å²) in [6.07, 6.45) is 1.50. The van der Waals surface area contributed by atoms with Crippen molar-refractivity contribution >= 4 is 11.6 Å². The van der Waals surface area contributed by atoms with Gasteiger partial charge in [-0.25, -0.2) is 0 Å². The number of ether oxygens (including phenoxy) is 2. The van der Waals surface area contributed by atoms with Gasteiger partial charge in [-0.05, 0) is 41.3 Å². The molecule has 0 spiro atoms. The van der Waals surface area contributed by atoms with Gasteiger partial charge < -0.3 is 14.0 Å². The van der Waals surface area contributed by atoms with Crippen molar-refractivity contribution in [3.8, 4) is 22.4 Å². The minimum Gasteiger partial charge on any atom is -0.376 e. The highest BCUT2D eigenvalue weighted by atomic mass is 35.5. The molecule has 5 rings (SSSR count). The zero-order valence-corrected chi connectivity index (χ0v) is 16.8. The monoisotopic (exact) mass is 407 g/mol. The lowest BCUT2D eigenvalue weighted by atomic mass is 9.90. The lowest BCUT2D eigenvalue weighted by molar-refractivity contribution is -0.0872. The smallest absolute Gasteiger partial charge is 0.258 e. The second kappa shape index (κ2) is 7.79. The number of hydrogen-bond acceptors (Lipinski definition) is 3. The Balaban J connectivity index is 1.71. The van der Waals surface area contributed by atoms with Gasteiger partial charge in [-0.3, -0.25) is 4.79 Å². The van der Waals surface area contributed by atoms with E-state index in [2.05, 4.69) is 6.07 Å². The summed E-state index contributed by atoms with van der Waals surface area (Å²) in [6.45, 7) is 2.48. The van der Waals surface area contributed by atoms with E-state index in [9.17, 15) is 4.79 Å². The molecule has 1 atom stereocenters. The Labute approximate surface area is 174 Å². The summed E-state index contributed by atoms with van der Waals surface area (Å²) < 4.78 is 13.4. The Morgan fingerprint density at radius 2 is 1.90 bits per heavy atom. The third kappa shape index (κ3) is 3.52. The molecule has 1 fully saturated rings. The molecule has 3 aromatic rings. The minimum absolute atomic E-state index is 0.0147. The normalized spacial score (nSPS) is 18.2. The van der Waals surface area contributed by atoms with Crippen LogP contribution in [-0.4, -0.2) is 30.5 Å². The molecule has 1 saturated heterocycles. The summed E-state index contributed by atoms with van der Waals surface area (Å²) in [5.41, 5.74) is 6.05. The van der Waals surface area contributed by atoms with E-state index in [0.29, 0.717) is 37.8 Å². The summed E-state index contributed by atoms with van der Waals surface area (Å²) in [5.74, 6) is 0. The highest BCUT2D eigenvalue weighted by molar-refractivity contribution is 6.30. The van der Waals surface area contributed by atoms with Crippen molar-refractivity contribution in [1.82, 2.24) is 4.57 Å². The molecule has 0 bridgehead atoms. The number of pyridine rings is 1. The fourth-order valence-corrected chi connectivity index (χ4v) is 4.53. The first-order valence-corrected chi connectivity index (χ1v) is 10.4. The van der Waals surface area contributed by atoms with E-state index in [0.717, 1.165) is 34.4 Å². The van der Waals surface area contributed by atoms with Crippen molar-refractivity contribution in [2.45, 2.75) is 25.5 Å². The molecule has 0 saturated carbocycles. The maximum Gasteiger partial charge on any atom is 0.258 e. The second-order valence-electron chi connectivity index (χ2n) is 7.58. The number of nitrogens with zero attached hydrogens (tertiary/aromatic N) is 1. The van der Waals surface area contributed by atoms with E-state index in [4.69, 9.17) is 21.1 Å². The van der Waals surface area contributed by atoms with E-state index in [1.165, 1.54) is 5.56 Å². The molecular formula is C24H22ClNO3. The molecule has 29 heavy (non-hydrogen) atoms. The summed E-state index contributed by atoms with van der Waals surface area (Å²) in [6, 6.07) is 17.9. The van der Waals surface area contributed by atoms with Gasteiger partial charge in [0.25, 0.3) is 5.56 Å². The fraction of sp³-hybridized carbons (Fsp3) is 0.292. The lowest BCUT2D eigenvalue weighted by Gasteiger charge is -2.28. The molecule has 148 valence electrons. The molecule has 0 N–H and O–H groups in total. The molecule has 2 aliphatic rings. The zero-order chi connectivity index (χ0) is 19.8. The topological polar surface area (TPSA) is 40.5 Å². The van der Waals surface area contributed by atoms with Crippen LogP contribution in [0.1, 0.15) is 11.1 Å². The maximum atomic E-state index is 13.4. The molecule has 0 aliphatic carbocycles. The van der Waals surface area contributed by atoms with Crippen LogP contribution >= 0.6 is 11.6 Å². The number of benzene rings is 2. The van der Waals surface area contributed by atoms with Gasteiger partial charge in [0.1, 0.15) is 0 Å². The molecule has 2 aromatic carbocycles. The van der Waals surface area contributed by atoms with Crippen molar-refractivity contribution in [2.75, 3.05) is 19.8 Å². The van der Waals surface area contributed by atoms with Crippen LogP contribution in [-0.2, 0) is 28.9 Å². The van der Waals surface area contributed by atoms with Crippen molar-refractivity contribution in [3.05, 3.63) is 81.1 Å². The van der Waals surface area contributed by atoms with Gasteiger partial charge in [0.15, 0.2) is 0 Å². The largest absolute Gasteiger partial charge is 0.376 e. The predicted molar refractivity (Wildman–Crippen MR) is 115 cm³/mol. The van der Waals surface area contributed by atoms with Gasteiger partial charge in [0, 0.05) is 29.1 Å². The van der Waals surface area contributed by atoms with Crippen molar-refractivity contribution in [2.24, 2.45) is 0 Å². The average Bonchev–Trinajstić information content (AvgIpc) is 2.76. The first-order valence-electron chi connectivity index (χ1n) is 10.0. The Morgan fingerprint density at radius 1 is 1.03 bits per heavy atom. The van der Waals surface area contributed by atoms with Crippen LogP contribution < -0.4 is 5.56 Å². The van der Waals surface area contributed by atoms with Crippen LogP contribution in [0.3, 0.4) is 0 Å². The third-order valence-corrected chi connectivity index (χ3v) is 5.95. The number of halogens is 1. The number of hydrogen-bond donors (Lipinski definition) is 0. The van der Waals surface area contributed by atoms with E-state index >= 15 is 0 Å². The minimum atomic E-state index is -0.0147.